The molecule has 2 aromatic carbocycles. The number of hydrogen-bond acceptors (Lipinski definition) is 7. The molecule has 0 radical (unpaired) electrons. The first-order chi connectivity index (χ1) is 14.0. The number of carbonyl (C=O) groups is 1. The van der Waals surface area contributed by atoms with Crippen LogP contribution in [0.15, 0.2) is 40.6 Å². The molecule has 2 aromatic rings. The SMILES string of the molecule is CCOC(=O)C1=C(O)c2cc(OC)c(OC)c(OC)c2C(c2ccc(Br)cc2)O1. The zero-order valence-corrected chi connectivity index (χ0v) is 18.0. The average Bonchev–Trinajstić information content (AvgIpc) is 2.73. The van der Waals surface area contributed by atoms with Gasteiger partial charge in [0.15, 0.2) is 23.4 Å². The van der Waals surface area contributed by atoms with Crippen LogP contribution in [0.4, 0.5) is 0 Å². The number of ether oxygens (including phenoxy) is 5. The van der Waals surface area contributed by atoms with E-state index in [0.29, 0.717) is 28.4 Å². The molecular weight excluding hydrogens is 444 g/mol. The van der Waals surface area contributed by atoms with Gasteiger partial charge in [-0.1, -0.05) is 28.1 Å². The molecule has 0 fully saturated rings. The quantitative estimate of drug-likeness (QED) is 0.634. The first-order valence-electron chi connectivity index (χ1n) is 8.82. The van der Waals surface area contributed by atoms with Crippen molar-refractivity contribution in [3.05, 3.63) is 57.3 Å². The number of rotatable bonds is 6. The lowest BCUT2D eigenvalue weighted by atomic mass is 9.91. The lowest BCUT2D eigenvalue weighted by molar-refractivity contribution is -0.143. The molecule has 29 heavy (non-hydrogen) atoms. The molecule has 1 atom stereocenters. The van der Waals surface area contributed by atoms with Crippen LogP contribution in [-0.2, 0) is 14.3 Å². The van der Waals surface area contributed by atoms with Crippen LogP contribution in [0.3, 0.4) is 0 Å². The monoisotopic (exact) mass is 464 g/mol. The summed E-state index contributed by atoms with van der Waals surface area (Å²) in [7, 11) is 4.45. The Kier molecular flexibility index (Phi) is 6.22. The fraction of sp³-hybridized carbons (Fsp3) is 0.286. The van der Waals surface area contributed by atoms with Crippen molar-refractivity contribution in [2.24, 2.45) is 0 Å². The second-order valence-corrected chi connectivity index (χ2v) is 6.97. The molecule has 1 heterocycles. The molecular formula is C21H21BrO7. The largest absolute Gasteiger partial charge is 0.504 e. The predicted octanol–water partition coefficient (Wildman–Crippen LogP) is 4.38. The first kappa shape index (κ1) is 20.9. The Morgan fingerprint density at radius 1 is 1.10 bits per heavy atom. The van der Waals surface area contributed by atoms with Crippen LogP contribution in [-0.4, -0.2) is 39.0 Å². The lowest BCUT2D eigenvalue weighted by Gasteiger charge is -2.30. The molecule has 0 saturated carbocycles. The molecule has 0 amide bonds. The molecule has 1 aliphatic heterocycles. The number of benzene rings is 2. The van der Waals surface area contributed by atoms with E-state index in [1.54, 1.807) is 13.0 Å². The molecule has 3 rings (SSSR count). The van der Waals surface area contributed by atoms with Crippen LogP contribution in [0.5, 0.6) is 17.2 Å². The van der Waals surface area contributed by atoms with Gasteiger partial charge in [-0.2, -0.15) is 0 Å². The Labute approximate surface area is 176 Å². The molecule has 0 aromatic heterocycles. The van der Waals surface area contributed by atoms with Gasteiger partial charge in [0.25, 0.3) is 0 Å². The third-order valence-electron chi connectivity index (χ3n) is 4.47. The zero-order valence-electron chi connectivity index (χ0n) is 16.4. The van der Waals surface area contributed by atoms with Crippen molar-refractivity contribution >= 4 is 27.7 Å². The Morgan fingerprint density at radius 2 is 1.76 bits per heavy atom. The Balaban J connectivity index is 2.32. The molecule has 1 unspecified atom stereocenters. The van der Waals surface area contributed by atoms with Crippen molar-refractivity contribution in [1.29, 1.82) is 0 Å². The molecule has 1 N–H and O–H groups in total. The minimum absolute atomic E-state index is 0.143. The van der Waals surface area contributed by atoms with Gasteiger partial charge < -0.3 is 28.8 Å². The van der Waals surface area contributed by atoms with Gasteiger partial charge in [-0.05, 0) is 30.7 Å². The number of methoxy groups -OCH3 is 3. The molecule has 154 valence electrons. The maximum absolute atomic E-state index is 12.4. The minimum Gasteiger partial charge on any atom is -0.504 e. The third kappa shape index (κ3) is 3.72. The van der Waals surface area contributed by atoms with Crippen LogP contribution in [0.1, 0.15) is 29.7 Å². The Hall–Kier alpha value is -2.87. The zero-order chi connectivity index (χ0) is 21.1. The van der Waals surface area contributed by atoms with Crippen molar-refractivity contribution in [2.45, 2.75) is 13.0 Å². The summed E-state index contributed by atoms with van der Waals surface area (Å²) >= 11 is 3.41. The molecule has 0 aliphatic carbocycles. The highest BCUT2D eigenvalue weighted by molar-refractivity contribution is 9.10. The van der Waals surface area contributed by atoms with Crippen LogP contribution >= 0.6 is 15.9 Å². The Morgan fingerprint density at radius 3 is 2.31 bits per heavy atom. The van der Waals surface area contributed by atoms with E-state index in [4.69, 9.17) is 23.7 Å². The van der Waals surface area contributed by atoms with Crippen LogP contribution in [0.2, 0.25) is 0 Å². The second kappa shape index (κ2) is 8.65. The van der Waals surface area contributed by atoms with E-state index in [1.165, 1.54) is 21.3 Å². The van der Waals surface area contributed by atoms with Gasteiger partial charge in [-0.3, -0.25) is 0 Å². The van der Waals surface area contributed by atoms with E-state index in [9.17, 15) is 9.90 Å². The van der Waals surface area contributed by atoms with Gasteiger partial charge >= 0.3 is 5.97 Å². The number of fused-ring (bicyclic) bond motifs is 1. The number of aliphatic hydroxyl groups is 1. The smallest absolute Gasteiger partial charge is 0.377 e. The maximum Gasteiger partial charge on any atom is 0.377 e. The van der Waals surface area contributed by atoms with Gasteiger partial charge in [0, 0.05) is 10.0 Å². The number of esters is 1. The molecule has 0 spiro atoms. The molecule has 8 heteroatoms. The maximum atomic E-state index is 12.4. The summed E-state index contributed by atoms with van der Waals surface area (Å²) in [4.78, 5) is 12.4. The van der Waals surface area contributed by atoms with Crippen molar-refractivity contribution in [2.75, 3.05) is 27.9 Å². The van der Waals surface area contributed by atoms with E-state index in [-0.39, 0.29) is 18.1 Å². The Bertz CT molecular complexity index is 950. The van der Waals surface area contributed by atoms with Crippen LogP contribution in [0.25, 0.3) is 5.76 Å². The van der Waals surface area contributed by atoms with Gasteiger partial charge in [0.2, 0.25) is 11.5 Å². The fourth-order valence-electron chi connectivity index (χ4n) is 3.20. The standard InChI is InChI=1S/C21H21BrO7/c1-5-28-21(24)20-16(23)13-10-14(25-2)18(26-3)19(27-4)15(13)17(29-20)11-6-8-12(22)9-7-11/h6-10,17,23H,5H2,1-4H3. The van der Waals surface area contributed by atoms with Crippen LogP contribution in [0, 0.1) is 0 Å². The highest BCUT2D eigenvalue weighted by atomic mass is 79.9. The van der Waals surface area contributed by atoms with Crippen molar-refractivity contribution < 1.29 is 33.6 Å². The summed E-state index contributed by atoms with van der Waals surface area (Å²) in [5.74, 6) is -0.357. The number of hydrogen-bond donors (Lipinski definition) is 1. The van der Waals surface area contributed by atoms with E-state index in [2.05, 4.69) is 15.9 Å². The summed E-state index contributed by atoms with van der Waals surface area (Å²) in [5, 5.41) is 10.8. The average molecular weight is 465 g/mol. The highest BCUT2D eigenvalue weighted by Crippen LogP contribution is 2.51. The fourth-order valence-corrected chi connectivity index (χ4v) is 3.47. The van der Waals surface area contributed by atoms with Gasteiger partial charge in [0.05, 0.1) is 33.5 Å². The number of halogens is 1. The van der Waals surface area contributed by atoms with Crippen LogP contribution < -0.4 is 14.2 Å². The van der Waals surface area contributed by atoms with E-state index < -0.39 is 12.1 Å². The van der Waals surface area contributed by atoms with Gasteiger partial charge in [0.1, 0.15) is 0 Å². The lowest BCUT2D eigenvalue weighted by Crippen LogP contribution is -2.22. The minimum atomic E-state index is -0.758. The second-order valence-electron chi connectivity index (χ2n) is 6.05. The van der Waals surface area contributed by atoms with E-state index >= 15 is 0 Å². The summed E-state index contributed by atoms with van der Waals surface area (Å²) in [6.45, 7) is 1.82. The van der Waals surface area contributed by atoms with Crippen molar-refractivity contribution in [1.82, 2.24) is 0 Å². The van der Waals surface area contributed by atoms with Gasteiger partial charge in [-0.15, -0.1) is 0 Å². The molecule has 0 bridgehead atoms. The predicted molar refractivity (Wildman–Crippen MR) is 109 cm³/mol. The van der Waals surface area contributed by atoms with Crippen molar-refractivity contribution in [3.8, 4) is 17.2 Å². The normalized spacial score (nSPS) is 15.3. The van der Waals surface area contributed by atoms with E-state index in [1.807, 2.05) is 24.3 Å². The van der Waals surface area contributed by atoms with E-state index in [0.717, 1.165) is 10.0 Å². The van der Waals surface area contributed by atoms with Gasteiger partial charge in [-0.25, -0.2) is 4.79 Å². The topological polar surface area (TPSA) is 83.5 Å². The number of aliphatic hydroxyl groups excluding tert-OH is 1. The summed E-state index contributed by atoms with van der Waals surface area (Å²) in [5.41, 5.74) is 1.59. The highest BCUT2D eigenvalue weighted by Gasteiger charge is 2.38. The summed E-state index contributed by atoms with van der Waals surface area (Å²) < 4.78 is 28.3. The summed E-state index contributed by atoms with van der Waals surface area (Å²) in [6, 6.07) is 8.99. The van der Waals surface area contributed by atoms with Crippen molar-refractivity contribution in [3.63, 3.8) is 0 Å². The molecule has 1 aliphatic rings. The molecule has 0 saturated heterocycles. The first-order valence-corrected chi connectivity index (χ1v) is 9.61. The third-order valence-corrected chi connectivity index (χ3v) is 5.00. The molecule has 7 nitrogen and oxygen atoms in total. The summed E-state index contributed by atoms with van der Waals surface area (Å²) in [6.07, 6.45) is -0.747. The number of carbonyl (C=O) groups excluding carboxylic acids is 1.